The van der Waals surface area contributed by atoms with Crippen molar-refractivity contribution in [2.24, 2.45) is 0 Å². The zero-order chi connectivity index (χ0) is 12.3. The SMILES string of the molecule is CCCNCc1ccnn1CCOCCOC. The van der Waals surface area contributed by atoms with Crippen LogP contribution in [0.25, 0.3) is 0 Å². The highest BCUT2D eigenvalue weighted by Gasteiger charge is 2.01. The molecule has 0 aromatic carbocycles. The highest BCUT2D eigenvalue weighted by molar-refractivity contribution is 4.99. The monoisotopic (exact) mass is 241 g/mol. The van der Waals surface area contributed by atoms with E-state index < -0.39 is 0 Å². The lowest BCUT2D eigenvalue weighted by Gasteiger charge is -2.08. The van der Waals surface area contributed by atoms with Gasteiger partial charge in [0.05, 0.1) is 32.1 Å². The van der Waals surface area contributed by atoms with Crippen molar-refractivity contribution in [1.29, 1.82) is 0 Å². The second-order valence-corrected chi connectivity index (χ2v) is 3.83. The van der Waals surface area contributed by atoms with Gasteiger partial charge in [0.1, 0.15) is 0 Å². The smallest absolute Gasteiger partial charge is 0.0701 e. The van der Waals surface area contributed by atoms with Gasteiger partial charge < -0.3 is 14.8 Å². The lowest BCUT2D eigenvalue weighted by atomic mass is 10.4. The van der Waals surface area contributed by atoms with Crippen molar-refractivity contribution in [2.75, 3.05) is 33.5 Å². The second kappa shape index (κ2) is 9.15. The number of hydrogen-bond donors (Lipinski definition) is 1. The highest BCUT2D eigenvalue weighted by atomic mass is 16.5. The molecule has 1 aromatic heterocycles. The fourth-order valence-electron chi connectivity index (χ4n) is 1.50. The minimum absolute atomic E-state index is 0.640. The van der Waals surface area contributed by atoms with Gasteiger partial charge in [0.2, 0.25) is 0 Å². The van der Waals surface area contributed by atoms with Crippen molar-refractivity contribution < 1.29 is 9.47 Å². The van der Waals surface area contributed by atoms with Gasteiger partial charge in [0.25, 0.3) is 0 Å². The van der Waals surface area contributed by atoms with Crippen molar-refractivity contribution in [2.45, 2.75) is 26.4 Å². The molecule has 0 fully saturated rings. The third kappa shape index (κ3) is 5.81. The van der Waals surface area contributed by atoms with Crippen LogP contribution in [0.4, 0.5) is 0 Å². The lowest BCUT2D eigenvalue weighted by molar-refractivity contribution is 0.0651. The predicted octanol–water partition coefficient (Wildman–Crippen LogP) is 1.05. The molecule has 98 valence electrons. The molecule has 5 heteroatoms. The molecule has 0 aliphatic rings. The van der Waals surface area contributed by atoms with Gasteiger partial charge >= 0.3 is 0 Å². The number of nitrogens with one attached hydrogen (secondary N) is 1. The molecule has 0 aliphatic heterocycles. The summed E-state index contributed by atoms with van der Waals surface area (Å²) in [6, 6.07) is 2.04. The van der Waals surface area contributed by atoms with E-state index in [1.165, 1.54) is 5.69 Å². The maximum atomic E-state index is 5.42. The van der Waals surface area contributed by atoms with Crippen LogP contribution in [0, 0.1) is 0 Å². The molecule has 0 aliphatic carbocycles. The normalized spacial score (nSPS) is 10.9. The van der Waals surface area contributed by atoms with Gasteiger partial charge in [-0.15, -0.1) is 0 Å². The third-order valence-corrected chi connectivity index (χ3v) is 2.42. The largest absolute Gasteiger partial charge is 0.382 e. The molecule has 0 spiro atoms. The van der Waals surface area contributed by atoms with E-state index in [0.717, 1.165) is 26.1 Å². The van der Waals surface area contributed by atoms with E-state index in [1.807, 2.05) is 16.9 Å². The van der Waals surface area contributed by atoms with Crippen LogP contribution in [0.5, 0.6) is 0 Å². The Balaban J connectivity index is 2.20. The quantitative estimate of drug-likeness (QED) is 0.622. The van der Waals surface area contributed by atoms with E-state index in [0.29, 0.717) is 19.8 Å². The van der Waals surface area contributed by atoms with Crippen LogP contribution < -0.4 is 5.32 Å². The molecule has 1 aromatic rings. The molecule has 0 saturated carbocycles. The molecule has 1 rings (SSSR count). The van der Waals surface area contributed by atoms with Crippen molar-refractivity contribution in [3.8, 4) is 0 Å². The zero-order valence-corrected chi connectivity index (χ0v) is 10.8. The third-order valence-electron chi connectivity index (χ3n) is 2.42. The summed E-state index contributed by atoms with van der Waals surface area (Å²) in [4.78, 5) is 0. The minimum Gasteiger partial charge on any atom is -0.382 e. The van der Waals surface area contributed by atoms with Crippen molar-refractivity contribution in [1.82, 2.24) is 15.1 Å². The van der Waals surface area contributed by atoms with Crippen molar-refractivity contribution >= 4 is 0 Å². The van der Waals surface area contributed by atoms with E-state index in [9.17, 15) is 0 Å². The standard InChI is InChI=1S/C12H23N3O2/c1-3-5-13-11-12-4-6-14-15(12)7-8-17-10-9-16-2/h4,6,13H,3,5,7-11H2,1-2H3. The minimum atomic E-state index is 0.640. The van der Waals surface area contributed by atoms with Crippen LogP contribution in [0.1, 0.15) is 19.0 Å². The summed E-state index contributed by atoms with van der Waals surface area (Å²) in [5, 5.41) is 7.65. The molecule has 5 nitrogen and oxygen atoms in total. The summed E-state index contributed by atoms with van der Waals surface area (Å²) in [5.41, 5.74) is 1.20. The van der Waals surface area contributed by atoms with Crippen LogP contribution in [0.15, 0.2) is 12.3 Å². The number of methoxy groups -OCH3 is 1. The molecule has 1 N–H and O–H groups in total. The van der Waals surface area contributed by atoms with E-state index >= 15 is 0 Å². The first-order chi connectivity index (χ1) is 8.38. The Morgan fingerprint density at radius 3 is 3.00 bits per heavy atom. The molecule has 1 heterocycles. The van der Waals surface area contributed by atoms with Gasteiger partial charge in [-0.25, -0.2) is 0 Å². The Hall–Kier alpha value is -0.910. The van der Waals surface area contributed by atoms with Gasteiger partial charge in [-0.2, -0.15) is 5.10 Å². The number of ether oxygens (including phenoxy) is 2. The summed E-state index contributed by atoms with van der Waals surface area (Å²) in [6.45, 7) is 6.81. The van der Waals surface area contributed by atoms with Crippen LogP contribution in [-0.2, 0) is 22.6 Å². The summed E-state index contributed by atoms with van der Waals surface area (Å²) in [6.07, 6.45) is 2.98. The Morgan fingerprint density at radius 1 is 1.35 bits per heavy atom. The van der Waals surface area contributed by atoms with E-state index in [4.69, 9.17) is 9.47 Å². The molecule has 0 bridgehead atoms. The van der Waals surface area contributed by atoms with Gasteiger partial charge in [-0.3, -0.25) is 4.68 Å². The second-order valence-electron chi connectivity index (χ2n) is 3.83. The highest BCUT2D eigenvalue weighted by Crippen LogP contribution is 1.98. The fourth-order valence-corrected chi connectivity index (χ4v) is 1.50. The molecule has 0 radical (unpaired) electrons. The number of rotatable bonds is 10. The first-order valence-electron chi connectivity index (χ1n) is 6.16. The van der Waals surface area contributed by atoms with Crippen molar-refractivity contribution in [3.05, 3.63) is 18.0 Å². The summed E-state index contributed by atoms with van der Waals surface area (Å²) >= 11 is 0. The summed E-state index contributed by atoms with van der Waals surface area (Å²) in [5.74, 6) is 0. The van der Waals surface area contributed by atoms with Crippen LogP contribution in [-0.4, -0.2) is 43.3 Å². The Morgan fingerprint density at radius 2 is 2.24 bits per heavy atom. The first kappa shape index (κ1) is 14.2. The zero-order valence-electron chi connectivity index (χ0n) is 10.8. The average molecular weight is 241 g/mol. The van der Waals surface area contributed by atoms with Gasteiger partial charge in [-0.05, 0) is 19.0 Å². The number of aromatic nitrogens is 2. The lowest BCUT2D eigenvalue weighted by Crippen LogP contribution is -2.19. The topological polar surface area (TPSA) is 48.3 Å². The molecule has 0 amide bonds. The Bertz CT molecular complexity index is 289. The van der Waals surface area contributed by atoms with Gasteiger partial charge in [0.15, 0.2) is 0 Å². The molecule has 0 unspecified atom stereocenters. The average Bonchev–Trinajstić information content (AvgIpc) is 2.77. The molecule has 0 atom stereocenters. The molecule has 17 heavy (non-hydrogen) atoms. The fraction of sp³-hybridized carbons (Fsp3) is 0.750. The summed E-state index contributed by atoms with van der Waals surface area (Å²) in [7, 11) is 1.67. The van der Waals surface area contributed by atoms with Crippen molar-refractivity contribution in [3.63, 3.8) is 0 Å². The van der Waals surface area contributed by atoms with E-state index in [-0.39, 0.29) is 0 Å². The van der Waals surface area contributed by atoms with Crippen LogP contribution in [0.2, 0.25) is 0 Å². The number of hydrogen-bond acceptors (Lipinski definition) is 4. The molecular formula is C12H23N3O2. The first-order valence-corrected chi connectivity index (χ1v) is 6.16. The molecular weight excluding hydrogens is 218 g/mol. The van der Waals surface area contributed by atoms with E-state index in [2.05, 4.69) is 17.3 Å². The van der Waals surface area contributed by atoms with Gasteiger partial charge in [-0.1, -0.05) is 6.92 Å². The maximum absolute atomic E-state index is 5.42. The Labute approximate surface area is 103 Å². The van der Waals surface area contributed by atoms with E-state index in [1.54, 1.807) is 7.11 Å². The van der Waals surface area contributed by atoms with Gasteiger partial charge in [0, 0.05) is 19.9 Å². The van der Waals surface area contributed by atoms with Crippen LogP contribution in [0.3, 0.4) is 0 Å². The maximum Gasteiger partial charge on any atom is 0.0701 e. The summed E-state index contributed by atoms with van der Waals surface area (Å²) < 4.78 is 12.3. The van der Waals surface area contributed by atoms with Crippen LogP contribution >= 0.6 is 0 Å². The number of nitrogens with zero attached hydrogens (tertiary/aromatic N) is 2. The molecule has 0 saturated heterocycles. The predicted molar refractivity (Wildman–Crippen MR) is 66.9 cm³/mol. The Kier molecular flexibility index (Phi) is 7.62.